The Hall–Kier alpha value is -2.06. The molecule has 0 aromatic carbocycles. The highest BCUT2D eigenvalue weighted by molar-refractivity contribution is 7.47. The molecular formula is C57H104NO7P. The Bertz CT molecular complexity index is 1250. The molecule has 0 saturated carbocycles. The van der Waals surface area contributed by atoms with E-state index < -0.39 is 13.9 Å². The maximum absolute atomic E-state index is 12.7. The summed E-state index contributed by atoms with van der Waals surface area (Å²) in [6.45, 7) is 4.82. The number of ether oxygens (including phenoxy) is 2. The predicted octanol–water partition coefficient (Wildman–Crippen LogP) is 17.4. The topological polar surface area (TPSA) is 117 Å². The number of carbonyl (C=O) groups excluding carboxylic acids is 1. The number of hydrogen-bond donors (Lipinski definition) is 2. The fraction of sp³-hybridized carbons (Fsp3) is 0.772. The van der Waals surface area contributed by atoms with Gasteiger partial charge in [-0.15, -0.1) is 0 Å². The van der Waals surface area contributed by atoms with Crippen LogP contribution in [0, 0.1) is 0 Å². The molecule has 0 amide bonds. The summed E-state index contributed by atoms with van der Waals surface area (Å²) >= 11 is 0. The Morgan fingerprint density at radius 3 is 1.27 bits per heavy atom. The quantitative estimate of drug-likeness (QED) is 0.0268. The van der Waals surface area contributed by atoms with Crippen molar-refractivity contribution in [2.75, 3.05) is 33.0 Å². The molecule has 0 aromatic rings. The molecule has 3 N–H and O–H groups in total. The number of esters is 1. The number of phosphoric acid groups is 1. The monoisotopic (exact) mass is 946 g/mol. The van der Waals surface area contributed by atoms with Crippen LogP contribution in [-0.2, 0) is 27.9 Å². The summed E-state index contributed by atoms with van der Waals surface area (Å²) in [5.74, 6) is -0.343. The van der Waals surface area contributed by atoms with Gasteiger partial charge >= 0.3 is 13.8 Å². The molecule has 0 saturated heterocycles. The zero-order valence-corrected chi connectivity index (χ0v) is 43.8. The van der Waals surface area contributed by atoms with Crippen molar-refractivity contribution < 1.29 is 32.8 Å². The fourth-order valence-corrected chi connectivity index (χ4v) is 8.41. The van der Waals surface area contributed by atoms with Gasteiger partial charge in [0.2, 0.25) is 0 Å². The molecule has 66 heavy (non-hydrogen) atoms. The van der Waals surface area contributed by atoms with Gasteiger partial charge in [-0.05, 0) is 64.2 Å². The molecular weight excluding hydrogens is 842 g/mol. The number of carbonyl (C=O) groups is 1. The highest BCUT2D eigenvalue weighted by Crippen LogP contribution is 2.43. The van der Waals surface area contributed by atoms with E-state index in [9.17, 15) is 14.3 Å². The molecule has 0 bridgehead atoms. The van der Waals surface area contributed by atoms with Crippen LogP contribution in [0.25, 0.3) is 0 Å². The molecule has 0 radical (unpaired) electrons. The Labute approximate surface area is 407 Å². The third kappa shape index (κ3) is 52.9. The van der Waals surface area contributed by atoms with Crippen molar-refractivity contribution in [3.05, 3.63) is 72.9 Å². The third-order valence-corrected chi connectivity index (χ3v) is 12.6. The number of nitrogens with two attached hydrogens (primary N) is 1. The summed E-state index contributed by atoms with van der Waals surface area (Å²) in [6, 6.07) is 0. The fourth-order valence-electron chi connectivity index (χ4n) is 7.65. The molecule has 2 unspecified atom stereocenters. The zero-order chi connectivity index (χ0) is 48.0. The average Bonchev–Trinajstić information content (AvgIpc) is 3.31. The second-order valence-electron chi connectivity index (χ2n) is 18.1. The van der Waals surface area contributed by atoms with E-state index in [1.807, 2.05) is 0 Å². The molecule has 8 nitrogen and oxygen atoms in total. The summed E-state index contributed by atoms with van der Waals surface area (Å²) in [5.41, 5.74) is 5.40. The van der Waals surface area contributed by atoms with Crippen LogP contribution < -0.4 is 5.73 Å². The maximum Gasteiger partial charge on any atom is 0.472 e. The van der Waals surface area contributed by atoms with Gasteiger partial charge in [-0.3, -0.25) is 13.8 Å². The number of hydrogen-bond acceptors (Lipinski definition) is 7. The molecule has 0 aliphatic heterocycles. The van der Waals surface area contributed by atoms with Gasteiger partial charge in [0, 0.05) is 19.6 Å². The minimum absolute atomic E-state index is 0.0957. The van der Waals surface area contributed by atoms with Gasteiger partial charge in [-0.1, -0.05) is 247 Å². The van der Waals surface area contributed by atoms with Gasteiger partial charge in [0.25, 0.3) is 0 Å². The number of unbranched alkanes of at least 4 members (excludes halogenated alkanes) is 27. The molecule has 0 spiro atoms. The van der Waals surface area contributed by atoms with Gasteiger partial charge in [0.05, 0.1) is 19.8 Å². The molecule has 0 fully saturated rings. The SMILES string of the molecule is CC/C=C\C/C=C\C/C=C\C/C=C\C/C=C\C/C=C\CCCCCCCCC(=O)OC(COCCCCCCCCCCCCCCCCCCCCCCCC)COP(=O)(O)OCCN. The van der Waals surface area contributed by atoms with E-state index in [0.29, 0.717) is 13.0 Å². The lowest BCUT2D eigenvalue weighted by molar-refractivity contribution is -0.154. The van der Waals surface area contributed by atoms with Crippen molar-refractivity contribution in [3.8, 4) is 0 Å². The molecule has 2 atom stereocenters. The van der Waals surface area contributed by atoms with E-state index in [1.54, 1.807) is 0 Å². The Morgan fingerprint density at radius 2 is 0.848 bits per heavy atom. The summed E-state index contributed by atoms with van der Waals surface area (Å²) in [4.78, 5) is 22.6. The smallest absolute Gasteiger partial charge is 0.457 e. The van der Waals surface area contributed by atoms with Gasteiger partial charge in [-0.25, -0.2) is 4.57 Å². The first-order valence-electron chi connectivity index (χ1n) is 27.4. The lowest BCUT2D eigenvalue weighted by Crippen LogP contribution is -2.28. The first-order chi connectivity index (χ1) is 32.4. The molecule has 9 heteroatoms. The number of rotatable bonds is 52. The van der Waals surface area contributed by atoms with Crippen LogP contribution in [-0.4, -0.2) is 49.9 Å². The first kappa shape index (κ1) is 63.9. The van der Waals surface area contributed by atoms with Crippen molar-refractivity contribution in [2.45, 2.75) is 251 Å². The van der Waals surface area contributed by atoms with Crippen molar-refractivity contribution in [1.82, 2.24) is 0 Å². The van der Waals surface area contributed by atoms with Gasteiger partial charge in [-0.2, -0.15) is 0 Å². The highest BCUT2D eigenvalue weighted by atomic mass is 31.2. The van der Waals surface area contributed by atoms with Gasteiger partial charge in [0.15, 0.2) is 0 Å². The summed E-state index contributed by atoms with van der Waals surface area (Å²) in [5, 5.41) is 0. The average molecular weight is 946 g/mol. The maximum atomic E-state index is 12.7. The van der Waals surface area contributed by atoms with Crippen LogP contribution in [0.5, 0.6) is 0 Å². The Morgan fingerprint density at radius 1 is 0.470 bits per heavy atom. The predicted molar refractivity (Wildman–Crippen MR) is 284 cm³/mol. The largest absolute Gasteiger partial charge is 0.472 e. The standard InChI is InChI=1S/C57H104NO7P/c1-3-5-7-9-11-13-15-17-19-21-23-25-27-28-29-30-32-34-36-38-40-42-44-46-48-50-57(59)65-56(55-64-66(60,61)63-53-51-58)54-62-52-49-47-45-43-41-39-37-35-33-31-26-24-22-20-18-16-14-12-10-8-6-4-2/h5,7,11,13,17,19,23,25,28-29,32,34,56H,3-4,6,8-10,12,14-16,18,20-22,24,26-27,30-31,33,35-55,58H2,1-2H3,(H,60,61)/b7-5-,13-11-,19-17-,25-23-,29-28-,34-32-. The van der Waals surface area contributed by atoms with E-state index in [1.165, 1.54) is 141 Å². The van der Waals surface area contributed by atoms with E-state index >= 15 is 0 Å². The zero-order valence-electron chi connectivity index (χ0n) is 42.9. The minimum atomic E-state index is -4.29. The molecule has 0 aromatic heterocycles. The van der Waals surface area contributed by atoms with Crippen LogP contribution in [0.3, 0.4) is 0 Å². The summed E-state index contributed by atoms with van der Waals surface area (Å²) in [7, 11) is -4.29. The van der Waals surface area contributed by atoms with Crippen molar-refractivity contribution in [1.29, 1.82) is 0 Å². The molecule has 0 aliphatic rings. The summed E-state index contributed by atoms with van der Waals surface area (Å²) in [6.07, 6.45) is 69.4. The van der Waals surface area contributed by atoms with Crippen molar-refractivity contribution in [3.63, 3.8) is 0 Å². The highest BCUT2D eigenvalue weighted by Gasteiger charge is 2.25. The minimum Gasteiger partial charge on any atom is -0.457 e. The van der Waals surface area contributed by atoms with Crippen LogP contribution in [0.4, 0.5) is 0 Å². The molecule has 0 heterocycles. The van der Waals surface area contributed by atoms with E-state index in [2.05, 4.69) is 86.8 Å². The number of allylic oxidation sites excluding steroid dienone is 12. The molecule has 0 aliphatic carbocycles. The number of phosphoric ester groups is 1. The molecule has 0 rings (SSSR count). The van der Waals surface area contributed by atoms with Crippen LogP contribution in [0.15, 0.2) is 72.9 Å². The molecule has 384 valence electrons. The van der Waals surface area contributed by atoms with Crippen LogP contribution in [0.1, 0.15) is 245 Å². The van der Waals surface area contributed by atoms with E-state index in [4.69, 9.17) is 24.3 Å². The lowest BCUT2D eigenvalue weighted by Gasteiger charge is -2.20. The van der Waals surface area contributed by atoms with Crippen molar-refractivity contribution >= 4 is 13.8 Å². The van der Waals surface area contributed by atoms with Gasteiger partial charge in [0.1, 0.15) is 6.10 Å². The summed E-state index contributed by atoms with van der Waals surface area (Å²) < 4.78 is 33.6. The second-order valence-corrected chi connectivity index (χ2v) is 19.5. The van der Waals surface area contributed by atoms with Crippen LogP contribution >= 0.6 is 7.82 Å². The van der Waals surface area contributed by atoms with E-state index in [-0.39, 0.29) is 32.3 Å². The second kappa shape index (κ2) is 53.9. The van der Waals surface area contributed by atoms with Crippen LogP contribution in [0.2, 0.25) is 0 Å². The van der Waals surface area contributed by atoms with E-state index in [0.717, 1.165) is 83.5 Å². The first-order valence-corrected chi connectivity index (χ1v) is 28.9. The lowest BCUT2D eigenvalue weighted by atomic mass is 10.0. The Kier molecular flexibility index (Phi) is 52.2. The third-order valence-electron chi connectivity index (χ3n) is 11.6. The van der Waals surface area contributed by atoms with Gasteiger partial charge < -0.3 is 20.1 Å². The van der Waals surface area contributed by atoms with Crippen molar-refractivity contribution in [2.24, 2.45) is 5.73 Å². The Balaban J connectivity index is 3.96. The normalized spacial score (nSPS) is 13.8.